The van der Waals surface area contributed by atoms with E-state index in [0.29, 0.717) is 107 Å². The van der Waals surface area contributed by atoms with E-state index in [1.807, 2.05) is 10.6 Å². The van der Waals surface area contributed by atoms with Gasteiger partial charge in [0.1, 0.15) is 81.8 Å². The van der Waals surface area contributed by atoms with E-state index < -0.39 is 196 Å². The minimum Gasteiger partial charge on any atom is -0.467 e. The lowest BCUT2D eigenvalue weighted by atomic mass is 9.95. The summed E-state index contributed by atoms with van der Waals surface area (Å²) in [5.74, 6) is -15.0. The van der Waals surface area contributed by atoms with Crippen LogP contribution in [0, 0.1) is 55.7 Å². The van der Waals surface area contributed by atoms with Gasteiger partial charge in [0, 0.05) is 160 Å². The maximum absolute atomic E-state index is 15.3. The number of aromatic nitrogens is 9. The standard InChI is InChI=1S/C32H33F2N5O7S.C31H30F5N5O5.C30H28F5N5O5/c1-17-16-39(11-12-47(17,44)45)20-14-23(33)27(24(34)15-20)29(40)36-25(31(42)46-5)13-19-8-9-22(28-21(19)7-6-10-35-28)26-18(2)37(3)32(43)38(4)30(26)41;1-6-23(31(34,35)36)38-17-13-20(32)25(21(33)14-17)27(42)39-22(29(44)46-5)12-16-9-10-19(26-18(16)8-7-11-37-26)24-15(2)40(3)30(45)41(4)28(24)43;1-14-23(27(42)40(4)29(44)39(14)3)19-9-8-16(18-7-6-10-36-25(18)19)11-22(28(43)45-5)38-26(41)24-20(31)12-17(13-21(24)32)37-15(2)30(33,34)35/h6-10,14-15,17,25H,11-13,16H2,1-5H3,(H,36,40);7-11,13-14,22-23,38H,6,12H2,1-5H3,(H,39,42);6-10,12-13,15,22,37H,11H2,1-5H3,(H,38,41)/t17-,25-;22-,23+;15-,22+/m001/s1. The Morgan fingerprint density at radius 3 is 1.02 bits per heavy atom. The Labute approximate surface area is 776 Å². The number of alkyl halides is 6. The Morgan fingerprint density at radius 1 is 0.449 bits per heavy atom. The molecule has 1 saturated heterocycles. The molecule has 730 valence electrons. The van der Waals surface area contributed by atoms with Crippen molar-refractivity contribution in [1.82, 2.24) is 58.3 Å². The number of nitrogens with one attached hydrogen (secondary N) is 5. The molecule has 13 rings (SSSR count). The second-order valence-electron chi connectivity index (χ2n) is 32.4. The van der Waals surface area contributed by atoms with Gasteiger partial charge in [0.2, 0.25) is 0 Å². The molecule has 0 unspecified atom stereocenters. The Morgan fingerprint density at radius 2 is 0.746 bits per heavy atom. The van der Waals surface area contributed by atoms with Crippen LogP contribution in [0.3, 0.4) is 0 Å². The average molecular weight is 1950 g/mol. The summed E-state index contributed by atoms with van der Waals surface area (Å²) in [6.07, 6.45) is -5.94. The predicted octanol–water partition coefficient (Wildman–Crippen LogP) is 9.94. The lowest BCUT2D eigenvalue weighted by molar-refractivity contribution is -0.143. The van der Waals surface area contributed by atoms with Crippen LogP contribution < -0.4 is 65.2 Å². The molecule has 138 heavy (non-hydrogen) atoms. The van der Waals surface area contributed by atoms with Gasteiger partial charge in [-0.2, -0.15) is 26.3 Å². The van der Waals surface area contributed by atoms with E-state index in [1.165, 1.54) is 86.3 Å². The molecule has 7 heterocycles. The Kier molecular flexibility index (Phi) is 31.2. The minimum absolute atomic E-state index is 0.0370. The molecule has 0 bridgehead atoms. The van der Waals surface area contributed by atoms with Crippen LogP contribution in [0.25, 0.3) is 66.1 Å². The number of hydrogen-bond acceptors (Lipinski definition) is 23. The van der Waals surface area contributed by atoms with Crippen LogP contribution in [0.4, 0.5) is 69.7 Å². The van der Waals surface area contributed by atoms with Gasteiger partial charge in [0.05, 0.1) is 65.6 Å². The second-order valence-corrected chi connectivity index (χ2v) is 34.9. The van der Waals surface area contributed by atoms with Gasteiger partial charge >= 0.3 is 47.3 Å². The highest BCUT2D eigenvalue weighted by atomic mass is 32.2. The van der Waals surface area contributed by atoms with Gasteiger partial charge in [-0.25, -0.2) is 63.5 Å². The summed E-state index contributed by atoms with van der Waals surface area (Å²) in [4.78, 5) is 169. The van der Waals surface area contributed by atoms with Gasteiger partial charge in [-0.3, -0.25) is 57.4 Å². The monoisotopic (exact) mass is 1950 g/mol. The fourth-order valence-corrected chi connectivity index (χ4v) is 17.1. The molecule has 5 N–H and O–H groups in total. The largest absolute Gasteiger partial charge is 0.467 e. The maximum Gasteiger partial charge on any atom is 0.408 e. The number of esters is 3. The SMILES string of the molecule is CC[C@@H](Nc1cc(F)c(C(=O)N[C@@H](Cc2ccc(-c3c(C)n(C)c(=O)n(C)c3=O)c3ncccc23)C(=O)OC)c(F)c1)C(F)(F)F.COC(=O)[C@H](Cc1ccc(-c2c(C)n(C)c(=O)n(C)c2=O)c2ncccc12)NC(=O)c1c(F)cc(N2CCS(=O)(=O)[C@@H](C)C2)cc1F.COC(=O)[C@H](Cc1ccc(-c2c(C)n(C)c(=O)n(C)c2=O)c2ncccc12)NC(=O)c1c(F)cc(N[C@H](C)C(F)(F)F)cc1F. The first-order valence-electron chi connectivity index (χ1n) is 42.0. The number of carbonyl (C=O) groups is 6. The lowest BCUT2D eigenvalue weighted by Gasteiger charge is -2.32. The predicted molar refractivity (Wildman–Crippen MR) is 486 cm³/mol. The highest BCUT2D eigenvalue weighted by Gasteiger charge is 2.41. The lowest BCUT2D eigenvalue weighted by Crippen LogP contribution is -2.46. The summed E-state index contributed by atoms with van der Waals surface area (Å²) in [6, 6.07) is 15.1. The zero-order chi connectivity index (χ0) is 102. The number of hydrogen-bond donors (Lipinski definition) is 5. The smallest absolute Gasteiger partial charge is 0.408 e. The van der Waals surface area contributed by atoms with Crippen molar-refractivity contribution in [2.45, 2.75) is 115 Å². The maximum atomic E-state index is 15.3. The van der Waals surface area contributed by atoms with Gasteiger partial charge in [0.25, 0.3) is 34.4 Å². The van der Waals surface area contributed by atoms with Crippen molar-refractivity contribution in [3.63, 3.8) is 0 Å². The fourth-order valence-electron chi connectivity index (χ4n) is 15.8. The first-order chi connectivity index (χ1) is 64.8. The van der Waals surface area contributed by atoms with Crippen molar-refractivity contribution in [3.05, 3.63) is 276 Å². The van der Waals surface area contributed by atoms with E-state index in [0.717, 1.165) is 54.1 Å². The van der Waals surface area contributed by atoms with Gasteiger partial charge in [-0.1, -0.05) is 61.5 Å². The summed E-state index contributed by atoms with van der Waals surface area (Å²) in [5, 5.41) is 11.6. The van der Waals surface area contributed by atoms with Crippen molar-refractivity contribution in [2.75, 3.05) is 55.7 Å². The third-order valence-corrected chi connectivity index (χ3v) is 25.9. The number of methoxy groups -OCH3 is 3. The molecular weight excluding hydrogens is 1860 g/mol. The van der Waals surface area contributed by atoms with Crippen LogP contribution in [-0.4, -0.2) is 174 Å². The van der Waals surface area contributed by atoms with Crippen LogP contribution >= 0.6 is 0 Å². The number of benzene rings is 6. The molecule has 6 atom stereocenters. The first kappa shape index (κ1) is 103. The molecule has 3 amide bonds. The van der Waals surface area contributed by atoms with Crippen molar-refractivity contribution in [2.24, 2.45) is 42.3 Å². The zero-order valence-corrected chi connectivity index (χ0v) is 77.2. The van der Waals surface area contributed by atoms with Crippen molar-refractivity contribution in [3.8, 4) is 33.4 Å². The average Bonchev–Trinajstić information content (AvgIpc) is 0.758. The van der Waals surface area contributed by atoms with E-state index in [1.54, 1.807) is 101 Å². The number of nitrogens with zero attached hydrogens (tertiary/aromatic N) is 10. The van der Waals surface area contributed by atoms with E-state index >= 15 is 8.78 Å². The van der Waals surface area contributed by atoms with Gasteiger partial charge in [-0.15, -0.1) is 0 Å². The Bertz CT molecular complexity index is 7360. The number of anilines is 3. The van der Waals surface area contributed by atoms with E-state index in [2.05, 4.69) is 30.9 Å². The molecule has 12 aromatic rings. The number of amides is 3. The molecule has 45 heteroatoms. The quantitative estimate of drug-likeness (QED) is 0.0213. The number of pyridine rings is 3. The molecular formula is C93H91F12N15O17S. The summed E-state index contributed by atoms with van der Waals surface area (Å²) < 4.78 is 214. The van der Waals surface area contributed by atoms with Gasteiger partial charge in [-0.05, 0) is 112 Å². The van der Waals surface area contributed by atoms with Crippen LogP contribution in [0.15, 0.2) is 157 Å². The third kappa shape index (κ3) is 21.4. The molecule has 0 saturated carbocycles. The fraction of sp³-hybridized carbons (Fsp3) is 0.323. The Hall–Kier alpha value is -15.1. The first-order valence-corrected chi connectivity index (χ1v) is 43.7. The third-order valence-electron chi connectivity index (χ3n) is 23.8. The minimum atomic E-state index is -4.69. The highest BCUT2D eigenvalue weighted by Crippen LogP contribution is 2.37. The van der Waals surface area contributed by atoms with Crippen LogP contribution in [-0.2, 0) is 100.0 Å². The number of rotatable bonds is 24. The number of sulfone groups is 1. The molecule has 0 spiro atoms. The molecule has 32 nitrogen and oxygen atoms in total. The number of fused-ring (bicyclic) bond motifs is 3. The summed E-state index contributed by atoms with van der Waals surface area (Å²) in [7, 11) is 8.57. The second kappa shape index (κ2) is 41.6. The molecule has 1 aliphatic rings. The molecule has 0 radical (unpaired) electrons. The number of halogens is 12. The van der Waals surface area contributed by atoms with Crippen molar-refractivity contribution in [1.29, 1.82) is 0 Å². The van der Waals surface area contributed by atoms with Gasteiger partial charge < -0.3 is 59.4 Å². The molecule has 0 aliphatic carbocycles. The molecule has 1 fully saturated rings. The van der Waals surface area contributed by atoms with E-state index in [-0.39, 0.29) is 60.5 Å². The summed E-state index contributed by atoms with van der Waals surface area (Å²) >= 11 is 0. The Balaban J connectivity index is 0.000000198. The van der Waals surface area contributed by atoms with Gasteiger partial charge in [0.15, 0.2) is 9.84 Å². The number of ether oxygens (including phenoxy) is 3. The molecule has 6 aromatic heterocycles. The highest BCUT2D eigenvalue weighted by molar-refractivity contribution is 7.92. The van der Waals surface area contributed by atoms with Crippen LogP contribution in [0.1, 0.15) is 92.0 Å². The molecule has 1 aliphatic heterocycles. The summed E-state index contributed by atoms with van der Waals surface area (Å²) in [5.41, 5.74) is -1.59. The topological polar surface area (TPSA) is 398 Å². The van der Waals surface area contributed by atoms with E-state index in [4.69, 9.17) is 14.2 Å². The van der Waals surface area contributed by atoms with Crippen molar-refractivity contribution < 1.29 is 104 Å². The summed E-state index contributed by atoms with van der Waals surface area (Å²) in [6.45, 7) is 8.47. The van der Waals surface area contributed by atoms with E-state index in [9.17, 15) is 110 Å². The normalized spacial score (nSPS) is 14.2. The molecule has 6 aromatic carbocycles. The van der Waals surface area contributed by atoms with Crippen molar-refractivity contribution >= 4 is 95.2 Å². The zero-order valence-electron chi connectivity index (χ0n) is 76.4. The number of carbonyl (C=O) groups excluding carboxylic acids is 6. The van der Waals surface area contributed by atoms with Crippen LogP contribution in [0.5, 0.6) is 0 Å². The van der Waals surface area contributed by atoms with Crippen LogP contribution in [0.2, 0.25) is 0 Å².